The molecule has 0 bridgehead atoms. The third-order valence-corrected chi connectivity index (χ3v) is 5.38. The topological polar surface area (TPSA) is 55.2 Å². The summed E-state index contributed by atoms with van der Waals surface area (Å²) in [6, 6.07) is 0. The number of sulfonamides is 1. The lowest BCUT2D eigenvalue weighted by Gasteiger charge is -2.27. The molecule has 1 aliphatic heterocycles. The normalized spacial score (nSPS) is 22.7. The Bertz CT molecular complexity index is 475. The molecule has 1 fully saturated rings. The Kier molecular flexibility index (Phi) is 1.90. The van der Waals surface area contributed by atoms with Gasteiger partial charge in [-0.05, 0) is 12.8 Å². The minimum Gasteiger partial charge on any atom is -0.332 e. The van der Waals surface area contributed by atoms with Crippen molar-refractivity contribution in [1.82, 2.24) is 13.9 Å². The monoisotopic (exact) mass is 227 g/mol. The van der Waals surface area contributed by atoms with Crippen molar-refractivity contribution < 1.29 is 8.42 Å². The molecule has 3 rings (SSSR count). The number of hydrogen-bond donors (Lipinski definition) is 0. The second-order valence-corrected chi connectivity index (χ2v) is 6.37. The van der Waals surface area contributed by atoms with Crippen LogP contribution in [-0.2, 0) is 23.1 Å². The molecule has 1 saturated carbocycles. The van der Waals surface area contributed by atoms with Crippen molar-refractivity contribution in [2.45, 2.75) is 31.2 Å². The highest BCUT2D eigenvalue weighted by Gasteiger charge is 2.40. The van der Waals surface area contributed by atoms with Gasteiger partial charge in [0.05, 0.1) is 23.8 Å². The van der Waals surface area contributed by atoms with E-state index in [1.807, 2.05) is 4.57 Å². The van der Waals surface area contributed by atoms with Crippen molar-refractivity contribution in [2.75, 3.05) is 6.54 Å². The van der Waals surface area contributed by atoms with E-state index in [0.29, 0.717) is 13.1 Å². The van der Waals surface area contributed by atoms with Crippen LogP contribution < -0.4 is 0 Å². The van der Waals surface area contributed by atoms with Crippen LogP contribution in [0.15, 0.2) is 12.5 Å². The maximum Gasteiger partial charge on any atom is 0.217 e. The molecule has 15 heavy (non-hydrogen) atoms. The van der Waals surface area contributed by atoms with Gasteiger partial charge in [0.25, 0.3) is 0 Å². The Labute approximate surface area is 88.8 Å². The van der Waals surface area contributed by atoms with E-state index < -0.39 is 10.0 Å². The fraction of sp³-hybridized carbons (Fsp3) is 0.667. The molecule has 5 nitrogen and oxygen atoms in total. The molecule has 0 N–H and O–H groups in total. The van der Waals surface area contributed by atoms with Gasteiger partial charge in [-0.2, -0.15) is 4.31 Å². The first-order valence-corrected chi connectivity index (χ1v) is 6.66. The van der Waals surface area contributed by atoms with E-state index in [9.17, 15) is 8.42 Å². The SMILES string of the molecule is O=S(=O)(C1CC1)N1CCn2cncc2C1. The van der Waals surface area contributed by atoms with Crippen molar-refractivity contribution in [3.05, 3.63) is 18.2 Å². The van der Waals surface area contributed by atoms with Gasteiger partial charge in [0, 0.05) is 19.3 Å². The fourth-order valence-corrected chi connectivity index (χ4v) is 3.76. The van der Waals surface area contributed by atoms with E-state index >= 15 is 0 Å². The van der Waals surface area contributed by atoms with Crippen molar-refractivity contribution in [3.8, 4) is 0 Å². The van der Waals surface area contributed by atoms with Crippen LogP contribution in [0.5, 0.6) is 0 Å². The largest absolute Gasteiger partial charge is 0.332 e. The molecule has 1 aromatic rings. The molecule has 0 unspecified atom stereocenters. The lowest BCUT2D eigenvalue weighted by molar-refractivity contribution is 0.341. The Balaban J connectivity index is 1.87. The van der Waals surface area contributed by atoms with Gasteiger partial charge in [-0.3, -0.25) is 0 Å². The maximum atomic E-state index is 12.0. The number of hydrogen-bond acceptors (Lipinski definition) is 3. The van der Waals surface area contributed by atoms with E-state index in [1.165, 1.54) is 0 Å². The van der Waals surface area contributed by atoms with Gasteiger partial charge in [-0.25, -0.2) is 13.4 Å². The zero-order valence-corrected chi connectivity index (χ0v) is 9.15. The summed E-state index contributed by atoms with van der Waals surface area (Å²) in [5.74, 6) is 0. The number of imidazole rings is 1. The first-order valence-electron chi connectivity index (χ1n) is 5.16. The molecule has 0 aromatic carbocycles. The molecule has 2 aliphatic rings. The average Bonchev–Trinajstić information content (AvgIpc) is 2.97. The van der Waals surface area contributed by atoms with Crippen molar-refractivity contribution in [3.63, 3.8) is 0 Å². The number of fused-ring (bicyclic) bond motifs is 1. The standard InChI is InChI=1S/C9H13N3O2S/c13-15(14,9-1-2-9)12-4-3-11-7-10-5-8(11)6-12/h5,7,9H,1-4,6H2. The number of nitrogens with zero attached hydrogens (tertiary/aromatic N) is 3. The van der Waals surface area contributed by atoms with Gasteiger partial charge < -0.3 is 4.57 Å². The average molecular weight is 227 g/mol. The van der Waals surface area contributed by atoms with Crippen LogP contribution in [0.1, 0.15) is 18.5 Å². The first kappa shape index (κ1) is 9.35. The van der Waals surface area contributed by atoms with Crippen LogP contribution in [-0.4, -0.2) is 34.1 Å². The molecule has 1 aromatic heterocycles. The molecule has 1 aliphatic carbocycles. The Morgan fingerprint density at radius 3 is 2.87 bits per heavy atom. The lowest BCUT2D eigenvalue weighted by atomic mass is 10.4. The summed E-state index contributed by atoms with van der Waals surface area (Å²) in [5.41, 5.74) is 0.991. The minimum absolute atomic E-state index is 0.105. The predicted molar refractivity (Wildman–Crippen MR) is 54.6 cm³/mol. The molecule has 0 radical (unpaired) electrons. The molecule has 6 heteroatoms. The molecule has 0 amide bonds. The third kappa shape index (κ3) is 1.48. The Morgan fingerprint density at radius 1 is 1.33 bits per heavy atom. The van der Waals surface area contributed by atoms with Crippen molar-refractivity contribution in [1.29, 1.82) is 0 Å². The van der Waals surface area contributed by atoms with Gasteiger partial charge in [0.15, 0.2) is 0 Å². The fourth-order valence-electron chi connectivity index (χ4n) is 1.95. The summed E-state index contributed by atoms with van der Waals surface area (Å²) in [4.78, 5) is 4.02. The summed E-state index contributed by atoms with van der Waals surface area (Å²) < 4.78 is 27.6. The summed E-state index contributed by atoms with van der Waals surface area (Å²) >= 11 is 0. The van der Waals surface area contributed by atoms with Crippen molar-refractivity contribution >= 4 is 10.0 Å². The van der Waals surface area contributed by atoms with Gasteiger partial charge in [0.1, 0.15) is 0 Å². The molecule has 0 atom stereocenters. The summed E-state index contributed by atoms with van der Waals surface area (Å²) in [7, 11) is -3.02. The third-order valence-electron chi connectivity index (χ3n) is 3.03. The Morgan fingerprint density at radius 2 is 2.13 bits per heavy atom. The second kappa shape index (κ2) is 3.05. The zero-order valence-electron chi connectivity index (χ0n) is 8.33. The summed E-state index contributed by atoms with van der Waals surface area (Å²) in [5, 5.41) is -0.105. The van der Waals surface area contributed by atoms with E-state index in [2.05, 4.69) is 4.98 Å². The molecule has 82 valence electrons. The van der Waals surface area contributed by atoms with Crippen LogP contribution >= 0.6 is 0 Å². The molecule has 2 heterocycles. The Hall–Kier alpha value is -0.880. The van der Waals surface area contributed by atoms with Crippen LogP contribution in [0.25, 0.3) is 0 Å². The maximum absolute atomic E-state index is 12.0. The highest BCUT2D eigenvalue weighted by molar-refractivity contribution is 7.90. The lowest BCUT2D eigenvalue weighted by Crippen LogP contribution is -2.39. The number of rotatable bonds is 2. The van der Waals surface area contributed by atoms with E-state index in [4.69, 9.17) is 0 Å². The van der Waals surface area contributed by atoms with E-state index in [1.54, 1.807) is 16.8 Å². The highest BCUT2D eigenvalue weighted by Crippen LogP contribution is 2.32. The molecule has 0 spiro atoms. The molecular formula is C9H13N3O2S. The summed E-state index contributed by atoms with van der Waals surface area (Å²) in [6.45, 7) is 1.79. The second-order valence-electron chi connectivity index (χ2n) is 4.16. The van der Waals surface area contributed by atoms with Crippen LogP contribution in [0, 0.1) is 0 Å². The highest BCUT2D eigenvalue weighted by atomic mass is 32.2. The van der Waals surface area contributed by atoms with Crippen LogP contribution in [0.2, 0.25) is 0 Å². The quantitative estimate of drug-likeness (QED) is 0.724. The first-order chi connectivity index (χ1) is 7.18. The molecule has 0 saturated heterocycles. The predicted octanol–water partition coefficient (Wildman–Crippen LogP) is 0.191. The van der Waals surface area contributed by atoms with E-state index in [0.717, 1.165) is 25.1 Å². The molecular weight excluding hydrogens is 214 g/mol. The van der Waals surface area contributed by atoms with E-state index in [-0.39, 0.29) is 5.25 Å². The van der Waals surface area contributed by atoms with Gasteiger partial charge in [0.2, 0.25) is 10.0 Å². The van der Waals surface area contributed by atoms with Gasteiger partial charge >= 0.3 is 0 Å². The zero-order chi connectivity index (χ0) is 10.5. The van der Waals surface area contributed by atoms with Gasteiger partial charge in [-0.15, -0.1) is 0 Å². The summed E-state index contributed by atoms with van der Waals surface area (Å²) in [6.07, 6.45) is 5.17. The number of aromatic nitrogens is 2. The smallest absolute Gasteiger partial charge is 0.217 e. The minimum atomic E-state index is -3.02. The van der Waals surface area contributed by atoms with Crippen LogP contribution in [0.4, 0.5) is 0 Å². The van der Waals surface area contributed by atoms with Gasteiger partial charge in [-0.1, -0.05) is 0 Å². The van der Waals surface area contributed by atoms with Crippen LogP contribution in [0.3, 0.4) is 0 Å². The van der Waals surface area contributed by atoms with Crippen molar-refractivity contribution in [2.24, 2.45) is 0 Å².